The van der Waals surface area contributed by atoms with Gasteiger partial charge >= 0.3 is 0 Å². The predicted molar refractivity (Wildman–Crippen MR) is 235 cm³/mol. The second kappa shape index (κ2) is 29.0. The molecule has 1 aromatic carbocycles. The first kappa shape index (κ1) is 51.8. The molecule has 336 valence electrons. The lowest BCUT2D eigenvalue weighted by atomic mass is 9.87. The Kier molecular flexibility index (Phi) is 25.0. The normalized spacial score (nSPS) is 20.1. The standard InChI is InChI=1S/C43H70N8O8S/c1-4-28(2)41-37(55)20-13-31(9-5-6-22-47-40(58)27-60-3)38(56)26-50-34(18-16-33(53)17-21-39(57)51-41)36(54)19-12-30(8-7-23-48-43(45)46)25-49-35(42(44)59)24-29-10-14-32(52)15-11-29/h10-11,14-15,28,30-31,34-35,41,49-50,52H,4-9,12-13,16-27H2,1-3H3,(H2,44,59)(H,47,58)(H,51,57)(H4,45,46,48)/t28-,30+,31+,34-,35-,41-/m0/s1. The molecule has 0 unspecified atom stereocenters. The Balaban J connectivity index is 2.24. The van der Waals surface area contributed by atoms with E-state index in [1.165, 1.54) is 23.9 Å². The average molecular weight is 859 g/mol. The summed E-state index contributed by atoms with van der Waals surface area (Å²) in [6, 6.07) is 4.26. The number of aromatic hydroxyl groups is 1. The average Bonchev–Trinajstić information content (AvgIpc) is 3.21. The molecule has 1 saturated heterocycles. The van der Waals surface area contributed by atoms with Crippen LogP contribution in [0.3, 0.4) is 0 Å². The highest BCUT2D eigenvalue weighted by Gasteiger charge is 2.30. The Labute approximate surface area is 359 Å². The number of rotatable bonds is 23. The van der Waals surface area contributed by atoms with Gasteiger partial charge in [-0.2, -0.15) is 11.8 Å². The fraction of sp³-hybridized carbons (Fsp3) is 0.674. The third kappa shape index (κ3) is 21.3. The van der Waals surface area contributed by atoms with Crippen LogP contribution in [0.2, 0.25) is 0 Å². The number of benzene rings is 1. The Hall–Kier alpha value is -4.35. The summed E-state index contributed by atoms with van der Waals surface area (Å²) < 4.78 is 0. The Morgan fingerprint density at radius 1 is 0.950 bits per heavy atom. The number of phenols is 1. The van der Waals surface area contributed by atoms with E-state index < -0.39 is 35.9 Å². The van der Waals surface area contributed by atoms with E-state index in [2.05, 4.69) is 26.3 Å². The number of nitrogens with two attached hydrogens (primary N) is 3. The molecular weight excluding hydrogens is 789 g/mol. The topological polar surface area (TPSA) is 278 Å². The number of hydrogen-bond acceptors (Lipinski definition) is 12. The maximum Gasteiger partial charge on any atom is 0.234 e. The van der Waals surface area contributed by atoms with Crippen molar-refractivity contribution >= 4 is 58.6 Å². The van der Waals surface area contributed by atoms with E-state index in [0.717, 1.165) is 5.56 Å². The molecule has 2 rings (SSSR count). The zero-order chi connectivity index (χ0) is 44.5. The zero-order valence-corrected chi connectivity index (χ0v) is 36.6. The van der Waals surface area contributed by atoms with Gasteiger partial charge in [-0.05, 0) is 93.7 Å². The SMILES string of the molecule is CC[C@H](C)[C@@H]1NC(=O)CCC(=O)CC[C@@H](C(=O)CC[C@@H](CCCN=C(N)N)CN[C@@H](Cc2ccc(O)cc2)C(N)=O)NCC(=O)[C@H](CCCCNC(=O)CSC)CCC1=O. The van der Waals surface area contributed by atoms with Crippen molar-refractivity contribution in [3.8, 4) is 5.75 Å². The number of thioether (sulfide) groups is 1. The monoisotopic (exact) mass is 859 g/mol. The number of guanidine groups is 1. The van der Waals surface area contributed by atoms with Crippen LogP contribution in [0.25, 0.3) is 0 Å². The number of ketones is 4. The lowest BCUT2D eigenvalue weighted by Gasteiger charge is -2.25. The number of carbonyl (C=O) groups is 7. The number of unbranched alkanes of at least 4 members (excludes halogenated alkanes) is 1. The number of carbonyl (C=O) groups excluding carboxylic acids is 7. The number of primary amides is 1. The summed E-state index contributed by atoms with van der Waals surface area (Å²) >= 11 is 1.43. The highest BCUT2D eigenvalue weighted by atomic mass is 32.2. The minimum absolute atomic E-state index is 0.0192. The van der Waals surface area contributed by atoms with Crippen LogP contribution in [0.1, 0.15) is 109 Å². The van der Waals surface area contributed by atoms with Crippen LogP contribution in [-0.4, -0.2) is 108 Å². The summed E-state index contributed by atoms with van der Waals surface area (Å²) in [5, 5.41) is 21.8. The zero-order valence-electron chi connectivity index (χ0n) is 35.8. The van der Waals surface area contributed by atoms with Crippen molar-refractivity contribution in [3.05, 3.63) is 29.8 Å². The van der Waals surface area contributed by atoms with E-state index in [1.54, 1.807) is 12.1 Å². The van der Waals surface area contributed by atoms with E-state index in [9.17, 15) is 38.7 Å². The van der Waals surface area contributed by atoms with E-state index in [4.69, 9.17) is 17.2 Å². The van der Waals surface area contributed by atoms with Gasteiger partial charge in [0, 0.05) is 51.1 Å². The van der Waals surface area contributed by atoms with Crippen LogP contribution in [0.5, 0.6) is 5.75 Å². The molecule has 0 saturated carbocycles. The van der Waals surface area contributed by atoms with Gasteiger partial charge in [-0.25, -0.2) is 0 Å². The summed E-state index contributed by atoms with van der Waals surface area (Å²) in [6.07, 6.45) is 6.77. The van der Waals surface area contributed by atoms with Crippen LogP contribution in [-0.2, 0) is 40.0 Å². The van der Waals surface area contributed by atoms with E-state index in [0.29, 0.717) is 76.8 Å². The Morgan fingerprint density at radius 2 is 1.68 bits per heavy atom. The fourth-order valence-corrected chi connectivity index (χ4v) is 7.59. The molecule has 60 heavy (non-hydrogen) atoms. The van der Waals surface area contributed by atoms with Crippen molar-refractivity contribution in [2.45, 2.75) is 128 Å². The van der Waals surface area contributed by atoms with Crippen molar-refractivity contribution in [1.82, 2.24) is 21.3 Å². The van der Waals surface area contributed by atoms with Gasteiger partial charge in [-0.3, -0.25) is 38.6 Å². The van der Waals surface area contributed by atoms with Crippen LogP contribution in [0.15, 0.2) is 29.3 Å². The van der Waals surface area contributed by atoms with Crippen LogP contribution in [0, 0.1) is 17.8 Å². The van der Waals surface area contributed by atoms with E-state index >= 15 is 0 Å². The summed E-state index contributed by atoms with van der Waals surface area (Å²) in [7, 11) is 0. The maximum absolute atomic E-state index is 13.9. The third-order valence-electron chi connectivity index (χ3n) is 11.1. The number of hydrogen-bond donors (Lipinski definition) is 8. The van der Waals surface area contributed by atoms with Gasteiger partial charge in [0.1, 0.15) is 23.1 Å². The lowest BCUT2D eigenvalue weighted by molar-refractivity contribution is -0.130. The van der Waals surface area contributed by atoms with Gasteiger partial charge in [0.25, 0.3) is 0 Å². The molecule has 17 heteroatoms. The van der Waals surface area contributed by atoms with Crippen molar-refractivity contribution in [2.75, 3.05) is 38.2 Å². The fourth-order valence-electron chi connectivity index (χ4n) is 7.22. The number of phenolic OH excluding ortho intramolecular Hbond substituents is 1. The van der Waals surface area contributed by atoms with Gasteiger partial charge in [-0.15, -0.1) is 0 Å². The number of Topliss-reactive ketones (excluding diaryl/α,β-unsaturated/α-hetero) is 4. The first-order chi connectivity index (χ1) is 28.6. The van der Waals surface area contributed by atoms with Gasteiger partial charge < -0.3 is 43.6 Å². The van der Waals surface area contributed by atoms with Crippen molar-refractivity contribution in [3.63, 3.8) is 0 Å². The van der Waals surface area contributed by atoms with Gasteiger partial charge in [0.05, 0.1) is 30.4 Å². The molecule has 6 atom stereocenters. The summed E-state index contributed by atoms with van der Waals surface area (Å²) in [4.78, 5) is 95.7. The number of amides is 3. The van der Waals surface area contributed by atoms with Gasteiger partial charge in [0.15, 0.2) is 11.7 Å². The van der Waals surface area contributed by atoms with Crippen molar-refractivity contribution < 1.29 is 38.7 Å². The summed E-state index contributed by atoms with van der Waals surface area (Å²) in [6.45, 7) is 4.91. The smallest absolute Gasteiger partial charge is 0.234 e. The molecule has 1 heterocycles. The molecule has 11 N–H and O–H groups in total. The largest absolute Gasteiger partial charge is 0.508 e. The van der Waals surface area contributed by atoms with Gasteiger partial charge in [-0.1, -0.05) is 38.8 Å². The van der Waals surface area contributed by atoms with E-state index in [-0.39, 0.29) is 104 Å². The second-order valence-corrected chi connectivity index (χ2v) is 16.8. The molecule has 0 radical (unpaired) electrons. The highest BCUT2D eigenvalue weighted by Crippen LogP contribution is 2.21. The molecule has 0 aromatic heterocycles. The van der Waals surface area contributed by atoms with Gasteiger partial charge in [0.2, 0.25) is 17.7 Å². The van der Waals surface area contributed by atoms with Crippen LogP contribution < -0.4 is 38.5 Å². The number of nitrogens with zero attached hydrogens (tertiary/aromatic N) is 1. The summed E-state index contributed by atoms with van der Waals surface area (Å²) in [5.41, 5.74) is 17.6. The molecule has 0 spiro atoms. The van der Waals surface area contributed by atoms with Crippen molar-refractivity contribution in [2.24, 2.45) is 39.9 Å². The van der Waals surface area contributed by atoms with Crippen LogP contribution in [0.4, 0.5) is 0 Å². The summed E-state index contributed by atoms with van der Waals surface area (Å²) in [5.74, 6) is -1.97. The first-order valence-electron chi connectivity index (χ1n) is 21.4. The molecule has 1 aliphatic heterocycles. The maximum atomic E-state index is 13.9. The number of nitrogens with one attached hydrogen (secondary N) is 4. The molecule has 0 bridgehead atoms. The van der Waals surface area contributed by atoms with E-state index in [1.807, 2.05) is 20.1 Å². The Bertz CT molecular complexity index is 1570. The predicted octanol–water partition coefficient (Wildman–Crippen LogP) is 2.21. The Morgan fingerprint density at radius 3 is 2.35 bits per heavy atom. The number of aliphatic imine (C=N–C) groups is 1. The van der Waals surface area contributed by atoms with Crippen LogP contribution >= 0.6 is 11.8 Å². The molecule has 1 aromatic rings. The lowest BCUT2D eigenvalue weighted by Crippen LogP contribution is -2.46. The third-order valence-corrected chi connectivity index (χ3v) is 11.7. The molecule has 0 aliphatic carbocycles. The molecule has 1 aliphatic rings. The molecular formula is C43H70N8O8S. The minimum atomic E-state index is -0.813. The van der Waals surface area contributed by atoms with Crippen molar-refractivity contribution in [1.29, 1.82) is 0 Å². The molecule has 1 fully saturated rings. The highest BCUT2D eigenvalue weighted by molar-refractivity contribution is 7.99. The molecule has 16 nitrogen and oxygen atoms in total. The minimum Gasteiger partial charge on any atom is -0.508 e. The second-order valence-electron chi connectivity index (χ2n) is 15.9. The quantitative estimate of drug-likeness (QED) is 0.0446. The first-order valence-corrected chi connectivity index (χ1v) is 22.8. The molecule has 3 amide bonds.